The van der Waals surface area contributed by atoms with Crippen LogP contribution in [0.1, 0.15) is 31.1 Å². The van der Waals surface area contributed by atoms with Gasteiger partial charge in [0.2, 0.25) is 5.91 Å². The van der Waals surface area contributed by atoms with Gasteiger partial charge in [0, 0.05) is 26.2 Å². The lowest BCUT2D eigenvalue weighted by Gasteiger charge is -2.42. The molecule has 0 aliphatic carbocycles. The number of ketones is 1. The third-order valence-corrected chi connectivity index (χ3v) is 12.1. The highest BCUT2D eigenvalue weighted by atomic mass is 127. The Hall–Kier alpha value is -2.75. The average molecular weight is 597 g/mol. The molecule has 0 radical (unpaired) electrons. The summed E-state index contributed by atoms with van der Waals surface area (Å²) in [5, 5.41) is 5.64. The molecule has 5 nitrogen and oxygen atoms in total. The fraction of sp³-hybridized carbons (Fsp3) is 0.214. The molecule has 0 saturated carbocycles. The summed E-state index contributed by atoms with van der Waals surface area (Å²) >= 11 is 2.22. The number of Topliss-reactive ketones (excluding diaryl/α,β-unsaturated/α-hetero) is 1. The first kappa shape index (κ1) is 25.3. The van der Waals surface area contributed by atoms with E-state index in [1.54, 1.807) is 6.20 Å². The number of hydrogen-bond donors (Lipinski definition) is 2. The quantitative estimate of drug-likeness (QED) is 0.177. The molecule has 0 saturated heterocycles. The second-order valence-electron chi connectivity index (χ2n) is 9.52. The van der Waals surface area contributed by atoms with Gasteiger partial charge in [-0.3, -0.25) is 9.59 Å². The van der Waals surface area contributed by atoms with Crippen LogP contribution in [0.2, 0.25) is 5.04 Å². The molecule has 0 fully saturated rings. The summed E-state index contributed by atoms with van der Waals surface area (Å²) in [5.74, 6) is -0.444. The molecule has 4 aromatic rings. The molecule has 0 aliphatic rings. The number of aromatic amines is 1. The summed E-state index contributed by atoms with van der Waals surface area (Å²) in [6, 6.07) is 26.2. The summed E-state index contributed by atoms with van der Waals surface area (Å²) in [4.78, 5) is 29.0. The number of carbonyl (C=O) groups excluding carboxylic acids is 2. The highest BCUT2D eigenvalue weighted by molar-refractivity contribution is 14.1. The molecule has 3 aromatic carbocycles. The second-order valence-corrected chi connectivity index (χ2v) is 15.0. The first-order valence-electron chi connectivity index (χ1n) is 11.5. The van der Waals surface area contributed by atoms with Crippen LogP contribution in [-0.2, 0) is 9.22 Å². The van der Waals surface area contributed by atoms with Crippen molar-refractivity contribution in [1.29, 1.82) is 0 Å². The fourth-order valence-corrected chi connectivity index (χ4v) is 9.91. The van der Waals surface area contributed by atoms with Crippen molar-refractivity contribution >= 4 is 63.9 Å². The number of H-pyrrole nitrogens is 1. The molecular formula is C28H29IN2O3Si. The Balaban J connectivity index is 1.53. The first-order chi connectivity index (χ1) is 16.7. The topological polar surface area (TPSA) is 71.2 Å². The van der Waals surface area contributed by atoms with Gasteiger partial charge in [-0.2, -0.15) is 0 Å². The number of fused-ring (bicyclic) bond motifs is 1. The minimum atomic E-state index is -2.82. The van der Waals surface area contributed by atoms with E-state index in [9.17, 15) is 9.59 Å². The van der Waals surface area contributed by atoms with Crippen molar-refractivity contribution in [2.75, 3.05) is 13.2 Å². The third-order valence-electron chi connectivity index (χ3n) is 6.24. The van der Waals surface area contributed by atoms with Gasteiger partial charge in [0.25, 0.3) is 8.32 Å². The van der Waals surface area contributed by atoms with Crippen LogP contribution in [0.25, 0.3) is 10.9 Å². The predicted molar refractivity (Wildman–Crippen MR) is 152 cm³/mol. The largest absolute Gasteiger partial charge is 0.398 e. The SMILES string of the molecule is CC(C)(C)[Si](OCC(=O)NCC(=O)c1c[nH]c2cccc(I)c12)(c1ccccc1)c1ccccc1. The van der Waals surface area contributed by atoms with Crippen LogP contribution < -0.4 is 15.7 Å². The van der Waals surface area contributed by atoms with Crippen LogP contribution in [0.3, 0.4) is 0 Å². The highest BCUT2D eigenvalue weighted by Gasteiger charge is 2.50. The average Bonchev–Trinajstić information content (AvgIpc) is 3.29. The molecule has 0 aliphatic heterocycles. The van der Waals surface area contributed by atoms with Gasteiger partial charge in [0.1, 0.15) is 6.61 Å². The van der Waals surface area contributed by atoms with Gasteiger partial charge in [-0.1, -0.05) is 87.5 Å². The first-order valence-corrected chi connectivity index (χ1v) is 14.5. The molecular weight excluding hydrogens is 567 g/mol. The normalized spacial score (nSPS) is 12.0. The second kappa shape index (κ2) is 10.5. The Bertz CT molecular complexity index is 1290. The van der Waals surface area contributed by atoms with Gasteiger partial charge >= 0.3 is 0 Å². The van der Waals surface area contributed by atoms with Crippen molar-refractivity contribution in [2.45, 2.75) is 25.8 Å². The van der Waals surface area contributed by atoms with Crippen LogP contribution >= 0.6 is 22.6 Å². The maximum atomic E-state index is 12.9. The number of rotatable bonds is 8. The van der Waals surface area contributed by atoms with E-state index in [-0.39, 0.29) is 29.9 Å². The molecule has 0 spiro atoms. The Labute approximate surface area is 220 Å². The van der Waals surface area contributed by atoms with E-state index in [0.717, 1.165) is 24.8 Å². The van der Waals surface area contributed by atoms with Crippen LogP contribution in [-0.4, -0.2) is 38.1 Å². The molecule has 1 amide bonds. The van der Waals surface area contributed by atoms with Crippen molar-refractivity contribution in [2.24, 2.45) is 0 Å². The minimum absolute atomic E-state index is 0.0825. The van der Waals surface area contributed by atoms with Crippen molar-refractivity contribution < 1.29 is 14.0 Å². The van der Waals surface area contributed by atoms with Crippen LogP contribution in [0.5, 0.6) is 0 Å². The Morgan fingerprint density at radius 2 is 1.51 bits per heavy atom. The maximum Gasteiger partial charge on any atom is 0.261 e. The van der Waals surface area contributed by atoms with Crippen molar-refractivity contribution in [3.05, 3.63) is 94.2 Å². The number of amides is 1. The van der Waals surface area contributed by atoms with E-state index in [2.05, 4.69) is 77.9 Å². The molecule has 180 valence electrons. The smallest absolute Gasteiger partial charge is 0.261 e. The molecule has 7 heteroatoms. The van der Waals surface area contributed by atoms with E-state index in [4.69, 9.17) is 4.43 Å². The fourth-order valence-electron chi connectivity index (χ4n) is 4.62. The van der Waals surface area contributed by atoms with Gasteiger partial charge in [-0.25, -0.2) is 0 Å². The van der Waals surface area contributed by atoms with Gasteiger partial charge < -0.3 is 14.7 Å². The monoisotopic (exact) mass is 596 g/mol. The number of nitrogens with one attached hydrogen (secondary N) is 2. The third kappa shape index (κ3) is 5.12. The van der Waals surface area contributed by atoms with E-state index in [1.165, 1.54) is 0 Å². The van der Waals surface area contributed by atoms with Gasteiger partial charge in [0.15, 0.2) is 5.78 Å². The molecule has 1 aromatic heterocycles. The molecule has 0 bridgehead atoms. The number of halogens is 1. The van der Waals surface area contributed by atoms with Gasteiger partial charge in [-0.15, -0.1) is 0 Å². The van der Waals surface area contributed by atoms with Crippen LogP contribution in [0.15, 0.2) is 85.1 Å². The van der Waals surface area contributed by atoms with E-state index < -0.39 is 8.32 Å². The molecule has 35 heavy (non-hydrogen) atoms. The van der Waals surface area contributed by atoms with Gasteiger partial charge in [-0.05, 0) is 50.1 Å². The van der Waals surface area contributed by atoms with Crippen molar-refractivity contribution in [3.63, 3.8) is 0 Å². The van der Waals surface area contributed by atoms with Crippen molar-refractivity contribution in [3.8, 4) is 0 Å². The number of carbonyl (C=O) groups is 2. The highest BCUT2D eigenvalue weighted by Crippen LogP contribution is 2.36. The summed E-state index contributed by atoms with van der Waals surface area (Å²) in [6.07, 6.45) is 1.71. The zero-order valence-corrected chi connectivity index (χ0v) is 23.3. The summed E-state index contributed by atoms with van der Waals surface area (Å²) in [5.41, 5.74) is 1.49. The number of hydrogen-bond acceptors (Lipinski definition) is 3. The van der Waals surface area contributed by atoms with E-state index in [0.29, 0.717) is 5.56 Å². The van der Waals surface area contributed by atoms with E-state index in [1.807, 2.05) is 54.6 Å². The standard InChI is InChI=1S/C28H29IN2O3Si/c1-28(2,3)35(20-11-6-4-7-12-20,21-13-8-5-9-14-21)34-19-26(33)31-18-25(32)22-17-30-24-16-10-15-23(29)27(22)24/h4-17,30H,18-19H2,1-3H3,(H,31,33). The zero-order valence-electron chi connectivity index (χ0n) is 20.1. The molecule has 1 heterocycles. The Morgan fingerprint density at radius 1 is 0.914 bits per heavy atom. The van der Waals surface area contributed by atoms with Crippen LogP contribution in [0.4, 0.5) is 0 Å². The minimum Gasteiger partial charge on any atom is -0.398 e. The molecule has 0 unspecified atom stereocenters. The molecule has 0 atom stereocenters. The lowest BCUT2D eigenvalue weighted by Crippen LogP contribution is -2.67. The summed E-state index contributed by atoms with van der Waals surface area (Å²) < 4.78 is 7.64. The summed E-state index contributed by atoms with van der Waals surface area (Å²) in [6.45, 7) is 6.30. The van der Waals surface area contributed by atoms with Crippen molar-refractivity contribution in [1.82, 2.24) is 10.3 Å². The maximum absolute atomic E-state index is 12.9. The lowest BCUT2D eigenvalue weighted by atomic mass is 10.1. The van der Waals surface area contributed by atoms with E-state index >= 15 is 0 Å². The van der Waals surface area contributed by atoms with Gasteiger partial charge in [0.05, 0.1) is 6.54 Å². The van der Waals surface area contributed by atoms with Crippen LogP contribution in [0, 0.1) is 3.57 Å². The Morgan fingerprint density at radius 3 is 2.09 bits per heavy atom. The molecule has 4 rings (SSSR count). The number of benzene rings is 3. The lowest BCUT2D eigenvalue weighted by molar-refractivity contribution is -0.123. The summed E-state index contributed by atoms with van der Waals surface area (Å²) in [7, 11) is -2.82. The Kier molecular flexibility index (Phi) is 7.58. The zero-order chi connectivity index (χ0) is 25.1. The number of aromatic nitrogens is 1. The predicted octanol–water partition coefficient (Wildman–Crippen LogP) is 4.65. The molecule has 2 N–H and O–H groups in total.